The van der Waals surface area contributed by atoms with E-state index in [1.54, 1.807) is 31.2 Å². The number of likely N-dealkylation sites (tertiary alicyclic amines) is 1. The van der Waals surface area contributed by atoms with Gasteiger partial charge in [-0.25, -0.2) is 9.10 Å². The number of hydrogen-bond acceptors (Lipinski definition) is 7. The van der Waals surface area contributed by atoms with E-state index in [1.807, 2.05) is 67.6 Å². The Bertz CT molecular complexity index is 1620. The maximum atomic E-state index is 14.2. The molecule has 0 N–H and O–H groups in total. The van der Waals surface area contributed by atoms with Gasteiger partial charge in [0.25, 0.3) is 11.8 Å². The molecule has 2 aliphatic rings. The van der Waals surface area contributed by atoms with Gasteiger partial charge in [-0.1, -0.05) is 100 Å². The molecule has 0 spiro atoms. The first-order chi connectivity index (χ1) is 22.1. The van der Waals surface area contributed by atoms with Crippen LogP contribution in [0, 0.1) is 5.92 Å². The zero-order chi connectivity index (χ0) is 34.3. The average molecular weight is 671 g/mol. The zero-order valence-electron chi connectivity index (χ0n) is 27.9. The van der Waals surface area contributed by atoms with Crippen LogP contribution < -0.4 is 0 Å². The normalized spacial score (nSPS) is 19.4. The van der Waals surface area contributed by atoms with Crippen molar-refractivity contribution in [2.24, 2.45) is 5.92 Å². The number of imide groups is 1. The second-order valence-electron chi connectivity index (χ2n) is 13.7. The quantitative estimate of drug-likeness (QED) is 0.0524. The number of hydrogen-bond donors (Lipinski definition) is 0. The third-order valence-electron chi connectivity index (χ3n) is 9.29. The lowest BCUT2D eigenvalue weighted by atomic mass is 9.89. The summed E-state index contributed by atoms with van der Waals surface area (Å²) in [5.74, 6) is -2.64. The lowest BCUT2D eigenvalue weighted by Crippen LogP contribution is -2.69. The molecule has 1 fully saturated rings. The average Bonchev–Trinajstić information content (AvgIpc) is 3.26. The molecule has 0 radical (unpaired) electrons. The van der Waals surface area contributed by atoms with Crippen molar-refractivity contribution in [3.05, 3.63) is 119 Å². The van der Waals surface area contributed by atoms with Gasteiger partial charge in [-0.3, -0.25) is 14.4 Å². The second kappa shape index (κ2) is 13.3. The summed E-state index contributed by atoms with van der Waals surface area (Å²) >= 11 is 0.949. The van der Waals surface area contributed by atoms with Gasteiger partial charge < -0.3 is 14.1 Å². The molecule has 2 heterocycles. The zero-order valence-corrected chi connectivity index (χ0v) is 29.7. The number of benzene rings is 3. The van der Waals surface area contributed by atoms with Crippen LogP contribution in [0.25, 0.3) is 0 Å². The summed E-state index contributed by atoms with van der Waals surface area (Å²) in [5, 5.41) is -0.905. The van der Waals surface area contributed by atoms with Gasteiger partial charge in [-0.05, 0) is 72.8 Å². The van der Waals surface area contributed by atoms with Crippen molar-refractivity contribution < 1.29 is 28.3 Å². The Labute approximate surface area is 282 Å². The van der Waals surface area contributed by atoms with Crippen molar-refractivity contribution >= 4 is 44.0 Å². The van der Waals surface area contributed by atoms with Gasteiger partial charge in [0, 0.05) is 0 Å². The van der Waals surface area contributed by atoms with E-state index < -0.39 is 55.6 Å². The standard InChI is InChI=1S/C37H42N2O6SSi/c1-23(2)30(36(43)44-31(25-17-11-9-12-18-25)26-19-13-10-14-20-26)38-34(42)29(24(3)45-47(7,8)37(4,5)6)35(38)46-39-32(40)27-21-15-16-22-28(27)33(39)41/h9-22,24,29-31,35H,1H2,2-8H3/t24-,29?,30?,35?/m1/s1. The van der Waals surface area contributed by atoms with E-state index in [-0.39, 0.29) is 10.9 Å². The molecule has 0 aromatic heterocycles. The molecule has 47 heavy (non-hydrogen) atoms. The molecule has 3 amide bonds. The van der Waals surface area contributed by atoms with E-state index >= 15 is 0 Å². The van der Waals surface area contributed by atoms with Crippen molar-refractivity contribution in [1.82, 2.24) is 9.21 Å². The molecule has 0 bridgehead atoms. The van der Waals surface area contributed by atoms with Crippen LogP contribution in [0.1, 0.15) is 72.6 Å². The molecule has 246 valence electrons. The number of carbonyl (C=O) groups excluding carboxylic acids is 4. The Hall–Kier alpha value is -3.99. The highest BCUT2D eigenvalue weighted by Crippen LogP contribution is 2.47. The maximum Gasteiger partial charge on any atom is 0.334 e. The minimum Gasteiger partial charge on any atom is -0.451 e. The van der Waals surface area contributed by atoms with Gasteiger partial charge in [0.1, 0.15) is 5.37 Å². The van der Waals surface area contributed by atoms with Crippen LogP contribution in [-0.4, -0.2) is 58.7 Å². The maximum absolute atomic E-state index is 14.2. The molecule has 1 saturated heterocycles. The van der Waals surface area contributed by atoms with Gasteiger partial charge in [0.05, 0.1) is 23.1 Å². The van der Waals surface area contributed by atoms with Crippen LogP contribution in [0.15, 0.2) is 97.1 Å². The van der Waals surface area contributed by atoms with Gasteiger partial charge in [-0.15, -0.1) is 0 Å². The van der Waals surface area contributed by atoms with Crippen molar-refractivity contribution in [3.8, 4) is 0 Å². The first-order valence-electron chi connectivity index (χ1n) is 15.7. The number of nitrogens with zero attached hydrogens (tertiary/aromatic N) is 2. The van der Waals surface area contributed by atoms with Crippen LogP contribution in [0.4, 0.5) is 0 Å². The Morgan fingerprint density at radius 1 is 0.851 bits per heavy atom. The summed E-state index contributed by atoms with van der Waals surface area (Å²) in [6.07, 6.45) is -1.28. The predicted octanol–water partition coefficient (Wildman–Crippen LogP) is 7.40. The fourth-order valence-electron chi connectivity index (χ4n) is 5.74. The van der Waals surface area contributed by atoms with Gasteiger partial charge >= 0.3 is 5.97 Å². The molecule has 2 aliphatic heterocycles. The van der Waals surface area contributed by atoms with E-state index in [4.69, 9.17) is 9.16 Å². The molecule has 5 rings (SSSR count). The topological polar surface area (TPSA) is 93.2 Å². The number of rotatable bonds is 11. The van der Waals surface area contributed by atoms with Crippen LogP contribution in [0.3, 0.4) is 0 Å². The molecule has 3 unspecified atom stereocenters. The molecular weight excluding hydrogens is 629 g/mol. The summed E-state index contributed by atoms with van der Waals surface area (Å²) < 4.78 is 14.0. The summed E-state index contributed by atoms with van der Waals surface area (Å²) in [5.41, 5.74) is 2.54. The summed E-state index contributed by atoms with van der Waals surface area (Å²) in [4.78, 5) is 56.7. The number of carbonyl (C=O) groups is 4. The molecule has 3 aromatic carbocycles. The van der Waals surface area contributed by atoms with E-state index in [0.717, 1.165) is 27.4 Å². The number of ether oxygens (including phenoxy) is 1. The highest BCUT2D eigenvalue weighted by atomic mass is 32.2. The van der Waals surface area contributed by atoms with E-state index in [2.05, 4.69) is 40.4 Å². The van der Waals surface area contributed by atoms with Crippen molar-refractivity contribution in [3.63, 3.8) is 0 Å². The molecule has 8 nitrogen and oxygen atoms in total. The van der Waals surface area contributed by atoms with Crippen molar-refractivity contribution in [2.45, 2.75) is 76.4 Å². The van der Waals surface area contributed by atoms with Gasteiger partial charge in [0.15, 0.2) is 20.5 Å². The summed E-state index contributed by atoms with van der Waals surface area (Å²) in [6.45, 7) is 18.2. The van der Waals surface area contributed by atoms with Gasteiger partial charge in [-0.2, -0.15) is 0 Å². The minimum atomic E-state index is -2.32. The smallest absolute Gasteiger partial charge is 0.334 e. The van der Waals surface area contributed by atoms with Gasteiger partial charge in [0.2, 0.25) is 5.91 Å². The SMILES string of the molecule is C=C(C)C(C(=O)OC(c1ccccc1)c1ccccc1)N1C(=O)C([C@@H](C)O[Si](C)(C)C(C)(C)C)C1SN1C(=O)c2ccccc2C1=O. The first kappa shape index (κ1) is 34.3. The van der Waals surface area contributed by atoms with E-state index in [9.17, 15) is 19.2 Å². The summed E-state index contributed by atoms with van der Waals surface area (Å²) in [7, 11) is -2.32. The number of fused-ring (bicyclic) bond motifs is 1. The number of β-lactam (4-membered cyclic amide) rings is 1. The van der Waals surface area contributed by atoms with Crippen molar-refractivity contribution in [1.29, 1.82) is 0 Å². The molecule has 10 heteroatoms. The molecule has 0 saturated carbocycles. The van der Waals surface area contributed by atoms with Crippen molar-refractivity contribution in [2.75, 3.05) is 0 Å². The van der Waals surface area contributed by atoms with E-state index in [0.29, 0.717) is 16.7 Å². The third kappa shape index (κ3) is 6.59. The fourth-order valence-corrected chi connectivity index (χ4v) is 8.57. The predicted molar refractivity (Wildman–Crippen MR) is 186 cm³/mol. The molecule has 3 aromatic rings. The van der Waals surface area contributed by atoms with E-state index in [1.165, 1.54) is 4.90 Å². The monoisotopic (exact) mass is 670 g/mol. The Kier molecular flexibility index (Phi) is 9.68. The highest BCUT2D eigenvalue weighted by Gasteiger charge is 2.59. The number of amides is 3. The molecule has 4 atom stereocenters. The lowest BCUT2D eigenvalue weighted by molar-refractivity contribution is -0.171. The van der Waals surface area contributed by atoms with Crippen LogP contribution >= 0.6 is 11.9 Å². The minimum absolute atomic E-state index is 0.118. The van der Waals surface area contributed by atoms with Crippen LogP contribution in [0.5, 0.6) is 0 Å². The Morgan fingerprint density at radius 2 is 1.32 bits per heavy atom. The molecule has 0 aliphatic carbocycles. The largest absolute Gasteiger partial charge is 0.451 e. The fraction of sp³-hybridized carbons (Fsp3) is 0.351. The highest BCUT2D eigenvalue weighted by molar-refractivity contribution is 7.98. The third-order valence-corrected chi connectivity index (χ3v) is 15.1. The molecular formula is C37H42N2O6SSi. The van der Waals surface area contributed by atoms with Crippen LogP contribution in [0.2, 0.25) is 18.1 Å². The lowest BCUT2D eigenvalue weighted by Gasteiger charge is -2.53. The Morgan fingerprint density at radius 3 is 1.77 bits per heavy atom. The van der Waals surface area contributed by atoms with Crippen LogP contribution in [-0.2, 0) is 18.8 Å². The first-order valence-corrected chi connectivity index (χ1v) is 19.5. The number of esters is 1. The second-order valence-corrected chi connectivity index (χ2v) is 19.5. The summed E-state index contributed by atoms with van der Waals surface area (Å²) in [6, 6.07) is 24.3. The Balaban J connectivity index is 1.49.